The number of benzene rings is 3. The highest BCUT2D eigenvalue weighted by Gasteiger charge is 2.28. The van der Waals surface area contributed by atoms with Gasteiger partial charge in [0.15, 0.2) is 17.2 Å². The number of carbonyl (C=O) groups excluding carboxylic acids is 1. The number of aromatic amines is 1. The molecule has 3 aromatic carbocycles. The number of ether oxygens (including phenoxy) is 3. The van der Waals surface area contributed by atoms with Crippen molar-refractivity contribution in [3.63, 3.8) is 0 Å². The maximum Gasteiger partial charge on any atom is 0.349 e. The molecule has 13 heteroatoms. The van der Waals surface area contributed by atoms with Crippen LogP contribution in [0.3, 0.4) is 0 Å². The Balaban J connectivity index is 1.42. The second-order valence-electron chi connectivity index (χ2n) is 8.79. The van der Waals surface area contributed by atoms with E-state index < -0.39 is 17.2 Å². The Morgan fingerprint density at radius 1 is 1.02 bits per heavy atom. The van der Waals surface area contributed by atoms with Crippen LogP contribution in [0.15, 0.2) is 58.3 Å². The van der Waals surface area contributed by atoms with Gasteiger partial charge in [-0.3, -0.25) is 14.6 Å². The van der Waals surface area contributed by atoms with E-state index in [1.54, 1.807) is 19.1 Å². The first-order valence-electron chi connectivity index (χ1n) is 11.9. The molecular formula is C27H22Cl2N4O7. The molecule has 4 aromatic rings. The number of H-pyrrole nitrogens is 1. The second-order valence-corrected chi connectivity index (χ2v) is 9.60. The Hall–Kier alpha value is -4.48. The fourth-order valence-electron chi connectivity index (χ4n) is 4.48. The van der Waals surface area contributed by atoms with Crippen molar-refractivity contribution in [2.45, 2.75) is 13.0 Å². The van der Waals surface area contributed by atoms with Crippen LogP contribution in [0, 0.1) is 0 Å². The molecule has 5 rings (SSSR count). The summed E-state index contributed by atoms with van der Waals surface area (Å²) in [5, 5.41) is 14.4. The lowest BCUT2D eigenvalue weighted by Crippen LogP contribution is -2.36. The molecule has 0 saturated carbocycles. The van der Waals surface area contributed by atoms with Crippen molar-refractivity contribution in [1.29, 1.82) is 0 Å². The van der Waals surface area contributed by atoms with E-state index in [-0.39, 0.29) is 45.1 Å². The van der Waals surface area contributed by atoms with Gasteiger partial charge in [-0.05, 0) is 48.4 Å². The van der Waals surface area contributed by atoms with Gasteiger partial charge in [0.25, 0.3) is 11.5 Å². The van der Waals surface area contributed by atoms with Crippen LogP contribution in [0.5, 0.6) is 28.7 Å². The molecule has 0 atom stereocenters. The fourth-order valence-corrected chi connectivity index (χ4v) is 5.03. The second kappa shape index (κ2) is 10.9. The Bertz CT molecular complexity index is 1730. The average molecular weight is 585 g/mol. The van der Waals surface area contributed by atoms with E-state index in [0.29, 0.717) is 24.5 Å². The molecule has 0 saturated heterocycles. The maximum atomic E-state index is 13.5. The number of rotatable bonds is 6. The zero-order chi connectivity index (χ0) is 28.6. The molecule has 11 nitrogen and oxygen atoms in total. The number of amides is 1. The largest absolute Gasteiger partial charge is 0.507 e. The van der Waals surface area contributed by atoms with Gasteiger partial charge >= 0.3 is 5.69 Å². The highest BCUT2D eigenvalue weighted by Crippen LogP contribution is 2.40. The molecule has 0 bridgehead atoms. The summed E-state index contributed by atoms with van der Waals surface area (Å²) in [5.74, 6) is 0.734. The predicted molar refractivity (Wildman–Crippen MR) is 147 cm³/mol. The summed E-state index contributed by atoms with van der Waals surface area (Å²) in [7, 11) is 3.09. The first kappa shape index (κ1) is 27.1. The minimum absolute atomic E-state index is 0.0238. The lowest BCUT2D eigenvalue weighted by atomic mass is 9.97. The number of halogens is 2. The van der Waals surface area contributed by atoms with Gasteiger partial charge in [0.1, 0.15) is 17.7 Å². The number of methoxy groups -OCH3 is 2. The SMILES string of the molecule is COc1ccc2c(c1OC)CN(C(=O)c1cc(Oc3c(Cl)cc(-n4ncc(=O)[nH]c4=O)cc3Cl)ccc1O)CC2. The Morgan fingerprint density at radius 3 is 2.45 bits per heavy atom. The van der Waals surface area contributed by atoms with Crippen LogP contribution in [-0.2, 0) is 13.0 Å². The number of nitrogens with one attached hydrogen (secondary N) is 1. The molecule has 0 aliphatic carbocycles. The molecule has 1 aromatic heterocycles. The summed E-state index contributed by atoms with van der Waals surface area (Å²) in [5.41, 5.74) is 0.687. The predicted octanol–water partition coefficient (Wildman–Crippen LogP) is 3.94. The van der Waals surface area contributed by atoms with Crippen LogP contribution in [0.4, 0.5) is 0 Å². The van der Waals surface area contributed by atoms with Gasteiger partial charge < -0.3 is 24.2 Å². The van der Waals surface area contributed by atoms with Gasteiger partial charge in [-0.1, -0.05) is 29.3 Å². The van der Waals surface area contributed by atoms with Gasteiger partial charge in [0.2, 0.25) is 0 Å². The summed E-state index contributed by atoms with van der Waals surface area (Å²) >= 11 is 12.8. The van der Waals surface area contributed by atoms with Gasteiger partial charge in [0, 0.05) is 12.1 Å². The fraction of sp³-hybridized carbons (Fsp3) is 0.185. The van der Waals surface area contributed by atoms with Crippen LogP contribution in [-0.4, -0.2) is 51.4 Å². The summed E-state index contributed by atoms with van der Waals surface area (Å²) in [6.45, 7) is 0.694. The number of phenolic OH excluding ortho intramolecular Hbond substituents is 1. The third kappa shape index (κ3) is 5.08. The molecule has 40 heavy (non-hydrogen) atoms. The van der Waals surface area contributed by atoms with Crippen molar-refractivity contribution in [2.75, 3.05) is 20.8 Å². The lowest BCUT2D eigenvalue weighted by Gasteiger charge is -2.30. The van der Waals surface area contributed by atoms with Crippen molar-refractivity contribution in [3.8, 4) is 34.4 Å². The van der Waals surface area contributed by atoms with E-state index in [9.17, 15) is 19.5 Å². The molecule has 1 aliphatic heterocycles. The molecule has 2 heterocycles. The number of nitrogens with zero attached hydrogens (tertiary/aromatic N) is 3. The summed E-state index contributed by atoms with van der Waals surface area (Å²) in [6.07, 6.45) is 1.54. The standard InChI is InChI=1S/C27H22Cl2N4O7/c1-38-22-6-3-14-7-8-32(13-18(14)24(22)39-2)26(36)17-11-16(4-5-21(17)34)40-25-19(28)9-15(10-20(25)29)33-27(37)31-23(35)12-30-33/h3-6,9-12,34H,7-8,13H2,1-2H3,(H,31,35,37). The van der Waals surface area contributed by atoms with Gasteiger partial charge in [0.05, 0.1) is 42.1 Å². The highest BCUT2D eigenvalue weighted by atomic mass is 35.5. The topological polar surface area (TPSA) is 136 Å². The molecule has 0 unspecified atom stereocenters. The molecule has 1 amide bonds. The van der Waals surface area contributed by atoms with Crippen molar-refractivity contribution >= 4 is 29.1 Å². The lowest BCUT2D eigenvalue weighted by molar-refractivity contribution is 0.0729. The van der Waals surface area contributed by atoms with Crippen molar-refractivity contribution < 1.29 is 24.1 Å². The number of hydrogen-bond donors (Lipinski definition) is 2. The van der Waals surface area contributed by atoms with Gasteiger partial charge in [-0.25, -0.2) is 4.79 Å². The number of aromatic nitrogens is 3. The molecule has 1 aliphatic rings. The van der Waals surface area contributed by atoms with Crippen molar-refractivity contribution in [2.24, 2.45) is 0 Å². The molecular weight excluding hydrogens is 563 g/mol. The maximum absolute atomic E-state index is 13.5. The summed E-state index contributed by atoms with van der Waals surface area (Å²) in [4.78, 5) is 40.6. The summed E-state index contributed by atoms with van der Waals surface area (Å²) in [6, 6.07) is 10.7. The average Bonchev–Trinajstić information content (AvgIpc) is 2.94. The number of aromatic hydroxyl groups is 1. The van der Waals surface area contributed by atoms with Crippen LogP contribution >= 0.6 is 23.2 Å². The molecule has 206 valence electrons. The number of fused-ring (bicyclic) bond motifs is 1. The van der Waals surface area contributed by atoms with Crippen LogP contribution < -0.4 is 25.5 Å². The van der Waals surface area contributed by atoms with Crippen LogP contribution in [0.1, 0.15) is 21.5 Å². The number of carbonyl (C=O) groups is 1. The van der Waals surface area contributed by atoms with E-state index in [2.05, 4.69) is 10.1 Å². The van der Waals surface area contributed by atoms with Crippen LogP contribution in [0.2, 0.25) is 10.0 Å². The van der Waals surface area contributed by atoms with E-state index in [1.165, 1.54) is 30.3 Å². The zero-order valence-electron chi connectivity index (χ0n) is 21.2. The van der Waals surface area contributed by atoms with E-state index in [4.69, 9.17) is 37.4 Å². The Labute approximate surface area is 237 Å². The Kier molecular flexibility index (Phi) is 7.42. The van der Waals surface area contributed by atoms with E-state index in [0.717, 1.165) is 22.0 Å². The van der Waals surface area contributed by atoms with E-state index >= 15 is 0 Å². The smallest absolute Gasteiger partial charge is 0.349 e. The highest BCUT2D eigenvalue weighted by molar-refractivity contribution is 6.37. The molecule has 0 radical (unpaired) electrons. The van der Waals surface area contributed by atoms with Crippen molar-refractivity contribution in [1.82, 2.24) is 19.7 Å². The zero-order valence-corrected chi connectivity index (χ0v) is 22.7. The number of phenols is 1. The molecule has 2 N–H and O–H groups in total. The van der Waals surface area contributed by atoms with Crippen LogP contribution in [0.25, 0.3) is 5.69 Å². The quantitative estimate of drug-likeness (QED) is 0.348. The van der Waals surface area contributed by atoms with Gasteiger partial charge in [-0.15, -0.1) is 0 Å². The minimum atomic E-state index is -0.772. The monoisotopic (exact) mass is 584 g/mol. The molecule has 0 fully saturated rings. The Morgan fingerprint density at radius 2 is 1.77 bits per heavy atom. The summed E-state index contributed by atoms with van der Waals surface area (Å²) < 4.78 is 17.8. The third-order valence-electron chi connectivity index (χ3n) is 6.39. The van der Waals surface area contributed by atoms with Gasteiger partial charge in [-0.2, -0.15) is 9.78 Å². The molecule has 0 spiro atoms. The van der Waals surface area contributed by atoms with Crippen molar-refractivity contribution in [3.05, 3.63) is 96.2 Å². The third-order valence-corrected chi connectivity index (χ3v) is 6.95. The first-order chi connectivity index (χ1) is 19.2. The van der Waals surface area contributed by atoms with E-state index in [1.807, 2.05) is 12.1 Å². The number of hydrogen-bond acceptors (Lipinski definition) is 8. The normalized spacial score (nSPS) is 12.6. The first-order valence-corrected chi connectivity index (χ1v) is 12.7. The minimum Gasteiger partial charge on any atom is -0.507 e.